The van der Waals surface area contributed by atoms with Gasteiger partial charge in [-0.3, -0.25) is 4.79 Å². The fraction of sp³-hybridized carbons (Fsp3) is 0.190. The third-order valence-electron chi connectivity index (χ3n) is 4.92. The number of anilines is 2. The number of carbonyl (C=O) groups is 1. The number of nitrogens with one attached hydrogen (secondary N) is 1. The summed E-state index contributed by atoms with van der Waals surface area (Å²) in [5.74, 6) is 1.56. The van der Waals surface area contributed by atoms with Gasteiger partial charge in [-0.25, -0.2) is 9.97 Å². The maximum Gasteiger partial charge on any atom is 0.274 e. The number of ether oxygens (including phenoxy) is 2. The van der Waals surface area contributed by atoms with Crippen molar-refractivity contribution in [1.29, 1.82) is 0 Å². The van der Waals surface area contributed by atoms with Gasteiger partial charge in [0.25, 0.3) is 5.91 Å². The Morgan fingerprint density at radius 2 is 1.89 bits per heavy atom. The van der Waals surface area contributed by atoms with Crippen molar-refractivity contribution in [3.05, 3.63) is 71.5 Å². The van der Waals surface area contributed by atoms with Crippen molar-refractivity contribution < 1.29 is 14.3 Å². The van der Waals surface area contributed by atoms with Crippen LogP contribution in [-0.4, -0.2) is 29.2 Å². The maximum atomic E-state index is 12.7. The zero-order valence-corrected chi connectivity index (χ0v) is 15.1. The van der Waals surface area contributed by atoms with Crippen LogP contribution in [-0.2, 0) is 13.0 Å². The van der Waals surface area contributed by atoms with Crippen LogP contribution in [0.25, 0.3) is 0 Å². The number of rotatable bonds is 3. The first kappa shape index (κ1) is 16.6. The van der Waals surface area contributed by atoms with Gasteiger partial charge in [-0.1, -0.05) is 24.3 Å². The van der Waals surface area contributed by atoms with Crippen molar-refractivity contribution in [2.75, 3.05) is 23.6 Å². The van der Waals surface area contributed by atoms with E-state index in [-0.39, 0.29) is 12.7 Å². The van der Waals surface area contributed by atoms with E-state index in [4.69, 9.17) is 9.47 Å². The normalized spacial score (nSPS) is 14.5. The van der Waals surface area contributed by atoms with Crippen molar-refractivity contribution in [3.63, 3.8) is 0 Å². The summed E-state index contributed by atoms with van der Waals surface area (Å²) in [6, 6.07) is 15.3. The second-order valence-corrected chi connectivity index (χ2v) is 6.70. The highest BCUT2D eigenvalue weighted by atomic mass is 16.7. The molecule has 3 aromatic rings. The molecule has 0 atom stereocenters. The number of aromatic nitrogens is 2. The molecule has 3 heterocycles. The van der Waals surface area contributed by atoms with Gasteiger partial charge in [-0.15, -0.1) is 0 Å². The van der Waals surface area contributed by atoms with Crippen molar-refractivity contribution >= 4 is 17.5 Å². The Morgan fingerprint density at radius 3 is 2.82 bits per heavy atom. The number of carbonyl (C=O) groups excluding carboxylic acids is 1. The van der Waals surface area contributed by atoms with Crippen molar-refractivity contribution in [2.24, 2.45) is 0 Å². The van der Waals surface area contributed by atoms with Crippen LogP contribution in [0.4, 0.5) is 11.6 Å². The van der Waals surface area contributed by atoms with Crippen LogP contribution in [0.3, 0.4) is 0 Å². The molecule has 140 valence electrons. The largest absolute Gasteiger partial charge is 0.454 e. The Balaban J connectivity index is 1.33. The second-order valence-electron chi connectivity index (χ2n) is 6.70. The highest BCUT2D eigenvalue weighted by Crippen LogP contribution is 2.34. The molecular formula is C21H18N4O3. The molecule has 1 N–H and O–H groups in total. The molecule has 28 heavy (non-hydrogen) atoms. The van der Waals surface area contributed by atoms with Gasteiger partial charge in [-0.2, -0.15) is 0 Å². The molecule has 0 bridgehead atoms. The monoisotopic (exact) mass is 374 g/mol. The summed E-state index contributed by atoms with van der Waals surface area (Å²) >= 11 is 0. The standard InChI is InChI=1S/C21H18N4O3/c26-20(23-16-5-6-18-19(11-16)28-13-27-18)17-7-9-22-21(24-17)25-10-8-14-3-1-2-4-15(14)12-25/h1-7,9,11H,8,10,12-13H2,(H,23,26). The fourth-order valence-corrected chi connectivity index (χ4v) is 3.46. The fourth-order valence-electron chi connectivity index (χ4n) is 3.46. The number of hydrogen-bond donors (Lipinski definition) is 1. The van der Waals surface area contributed by atoms with E-state index in [9.17, 15) is 4.79 Å². The van der Waals surface area contributed by atoms with Crippen LogP contribution in [0.15, 0.2) is 54.7 Å². The van der Waals surface area contributed by atoms with Crippen LogP contribution in [0, 0.1) is 0 Å². The molecule has 0 aliphatic carbocycles. The van der Waals surface area contributed by atoms with Crippen LogP contribution >= 0.6 is 0 Å². The molecule has 0 saturated carbocycles. The summed E-state index contributed by atoms with van der Waals surface area (Å²) in [6.07, 6.45) is 2.56. The molecule has 0 fully saturated rings. The third-order valence-corrected chi connectivity index (χ3v) is 4.92. The van der Waals surface area contributed by atoms with Gasteiger partial charge in [-0.05, 0) is 35.7 Å². The number of benzene rings is 2. The molecule has 0 spiro atoms. The van der Waals surface area contributed by atoms with Crippen LogP contribution in [0.1, 0.15) is 21.6 Å². The second kappa shape index (κ2) is 6.84. The summed E-state index contributed by atoms with van der Waals surface area (Å²) in [5.41, 5.74) is 3.57. The molecule has 0 unspecified atom stereocenters. The van der Waals surface area contributed by atoms with Crippen LogP contribution in [0.5, 0.6) is 11.5 Å². The van der Waals surface area contributed by atoms with E-state index in [1.807, 2.05) is 6.07 Å². The lowest BCUT2D eigenvalue weighted by molar-refractivity contribution is 0.102. The lowest BCUT2D eigenvalue weighted by Crippen LogP contribution is -2.32. The van der Waals surface area contributed by atoms with Gasteiger partial charge < -0.3 is 19.7 Å². The van der Waals surface area contributed by atoms with E-state index < -0.39 is 0 Å². The zero-order valence-electron chi connectivity index (χ0n) is 15.1. The van der Waals surface area contributed by atoms with Crippen molar-refractivity contribution in [1.82, 2.24) is 9.97 Å². The van der Waals surface area contributed by atoms with Gasteiger partial charge >= 0.3 is 0 Å². The minimum atomic E-state index is -0.292. The first-order valence-electron chi connectivity index (χ1n) is 9.12. The minimum Gasteiger partial charge on any atom is -0.454 e. The lowest BCUT2D eigenvalue weighted by atomic mass is 10.0. The van der Waals surface area contributed by atoms with Gasteiger partial charge in [0.15, 0.2) is 11.5 Å². The topological polar surface area (TPSA) is 76.6 Å². The molecule has 1 aromatic heterocycles. The molecule has 5 rings (SSSR count). The average molecular weight is 374 g/mol. The molecule has 2 aromatic carbocycles. The molecule has 0 radical (unpaired) electrons. The molecule has 2 aliphatic rings. The summed E-state index contributed by atoms with van der Waals surface area (Å²) < 4.78 is 10.6. The molecular weight excluding hydrogens is 356 g/mol. The van der Waals surface area contributed by atoms with Crippen molar-refractivity contribution in [2.45, 2.75) is 13.0 Å². The first-order valence-corrected chi connectivity index (χ1v) is 9.12. The number of hydrogen-bond acceptors (Lipinski definition) is 6. The van der Waals surface area contributed by atoms with Gasteiger partial charge in [0.05, 0.1) is 0 Å². The van der Waals surface area contributed by atoms with Gasteiger partial charge in [0.2, 0.25) is 12.7 Å². The summed E-state index contributed by atoms with van der Waals surface area (Å²) in [4.78, 5) is 23.6. The summed E-state index contributed by atoms with van der Waals surface area (Å²) in [6.45, 7) is 1.76. The van der Waals surface area contributed by atoms with Gasteiger partial charge in [0.1, 0.15) is 5.69 Å². The first-order chi connectivity index (χ1) is 13.8. The predicted molar refractivity (Wildman–Crippen MR) is 104 cm³/mol. The number of fused-ring (bicyclic) bond motifs is 2. The molecule has 0 saturated heterocycles. The van der Waals surface area contributed by atoms with E-state index >= 15 is 0 Å². The lowest BCUT2D eigenvalue weighted by Gasteiger charge is -2.28. The van der Waals surface area contributed by atoms with Crippen LogP contribution in [0.2, 0.25) is 0 Å². The van der Waals surface area contributed by atoms with E-state index in [1.165, 1.54) is 11.1 Å². The Morgan fingerprint density at radius 1 is 1.04 bits per heavy atom. The summed E-state index contributed by atoms with van der Waals surface area (Å²) in [7, 11) is 0. The highest BCUT2D eigenvalue weighted by molar-refractivity contribution is 6.03. The van der Waals surface area contributed by atoms with E-state index in [0.717, 1.165) is 19.5 Å². The Hall–Kier alpha value is -3.61. The molecule has 2 aliphatic heterocycles. The van der Waals surface area contributed by atoms with Gasteiger partial charge in [0, 0.05) is 31.0 Å². The summed E-state index contributed by atoms with van der Waals surface area (Å²) in [5, 5.41) is 2.85. The molecule has 7 heteroatoms. The quantitative estimate of drug-likeness (QED) is 0.759. The number of amides is 1. The highest BCUT2D eigenvalue weighted by Gasteiger charge is 2.20. The minimum absolute atomic E-state index is 0.195. The van der Waals surface area contributed by atoms with E-state index in [2.05, 4.69) is 38.4 Å². The Labute approximate surface area is 161 Å². The third kappa shape index (κ3) is 3.11. The SMILES string of the molecule is O=C(Nc1ccc2c(c1)OCO2)c1ccnc(N2CCc3ccccc3C2)n1. The maximum absolute atomic E-state index is 12.7. The Kier molecular flexibility index (Phi) is 4.05. The molecule has 1 amide bonds. The van der Waals surface area contributed by atoms with Crippen molar-refractivity contribution in [3.8, 4) is 11.5 Å². The predicted octanol–water partition coefficient (Wildman–Crippen LogP) is 3.02. The zero-order chi connectivity index (χ0) is 18.9. The van der Waals surface area contributed by atoms with E-state index in [0.29, 0.717) is 28.8 Å². The Bertz CT molecular complexity index is 1050. The smallest absolute Gasteiger partial charge is 0.274 e. The van der Waals surface area contributed by atoms with E-state index in [1.54, 1.807) is 30.5 Å². The molecule has 7 nitrogen and oxygen atoms in total. The average Bonchev–Trinajstić information content (AvgIpc) is 3.21. The van der Waals surface area contributed by atoms with Crippen LogP contribution < -0.4 is 19.7 Å². The number of nitrogens with zero attached hydrogens (tertiary/aromatic N) is 3.